The summed E-state index contributed by atoms with van der Waals surface area (Å²) in [6.45, 7) is 5.24. The Morgan fingerprint density at radius 1 is 1.25 bits per heavy atom. The van der Waals surface area contributed by atoms with Gasteiger partial charge in [0.05, 0.1) is 10.6 Å². The maximum Gasteiger partial charge on any atom is 0.126 e. The Hall–Kier alpha value is -1.35. The minimum atomic E-state index is 0.963. The van der Waals surface area contributed by atoms with E-state index >= 15 is 0 Å². The molecule has 0 aliphatic heterocycles. The van der Waals surface area contributed by atoms with Crippen molar-refractivity contribution in [2.75, 3.05) is 11.9 Å². The van der Waals surface area contributed by atoms with Crippen LogP contribution in [0.3, 0.4) is 0 Å². The number of thiophene rings is 1. The third kappa shape index (κ3) is 2.61. The van der Waals surface area contributed by atoms with E-state index in [0.29, 0.717) is 0 Å². The maximum atomic E-state index is 4.59. The molecule has 2 nitrogen and oxygen atoms in total. The van der Waals surface area contributed by atoms with E-state index in [9.17, 15) is 0 Å². The van der Waals surface area contributed by atoms with Gasteiger partial charge in [0.1, 0.15) is 5.82 Å². The number of nitrogens with zero attached hydrogens (tertiary/aromatic N) is 1. The SMILES string of the molecule is CCCNc1cccc(-c2ccc(C)s2)n1. The number of aromatic nitrogens is 1. The summed E-state index contributed by atoms with van der Waals surface area (Å²) in [4.78, 5) is 7.15. The van der Waals surface area contributed by atoms with E-state index in [1.54, 1.807) is 11.3 Å². The third-order valence-corrected chi connectivity index (χ3v) is 3.32. The van der Waals surface area contributed by atoms with Crippen LogP contribution in [0.25, 0.3) is 10.6 Å². The van der Waals surface area contributed by atoms with Crippen LogP contribution in [0.2, 0.25) is 0 Å². The van der Waals surface area contributed by atoms with Crippen LogP contribution in [0.1, 0.15) is 18.2 Å². The fourth-order valence-electron chi connectivity index (χ4n) is 1.50. The highest BCUT2D eigenvalue weighted by Gasteiger charge is 2.02. The van der Waals surface area contributed by atoms with Crippen LogP contribution in [0.15, 0.2) is 30.3 Å². The van der Waals surface area contributed by atoms with Crippen molar-refractivity contribution in [1.29, 1.82) is 0 Å². The Kier molecular flexibility index (Phi) is 3.57. The zero-order valence-electron chi connectivity index (χ0n) is 9.66. The highest BCUT2D eigenvalue weighted by Crippen LogP contribution is 2.26. The molecule has 3 heteroatoms. The van der Waals surface area contributed by atoms with Gasteiger partial charge in [-0.15, -0.1) is 11.3 Å². The van der Waals surface area contributed by atoms with Gasteiger partial charge in [0, 0.05) is 11.4 Å². The molecule has 0 saturated carbocycles. The molecular weight excluding hydrogens is 216 g/mol. The van der Waals surface area contributed by atoms with Crippen LogP contribution < -0.4 is 5.32 Å². The average molecular weight is 232 g/mol. The van der Waals surface area contributed by atoms with Crippen LogP contribution >= 0.6 is 11.3 Å². The molecule has 0 saturated heterocycles. The van der Waals surface area contributed by atoms with Gasteiger partial charge < -0.3 is 5.32 Å². The Balaban J connectivity index is 2.22. The monoisotopic (exact) mass is 232 g/mol. The van der Waals surface area contributed by atoms with Gasteiger partial charge in [-0.05, 0) is 37.6 Å². The molecule has 0 bridgehead atoms. The molecule has 0 atom stereocenters. The van der Waals surface area contributed by atoms with Crippen LogP contribution in [0.5, 0.6) is 0 Å². The van der Waals surface area contributed by atoms with Gasteiger partial charge in [0.25, 0.3) is 0 Å². The minimum Gasteiger partial charge on any atom is -0.370 e. The maximum absolute atomic E-state index is 4.59. The van der Waals surface area contributed by atoms with Crippen molar-refractivity contribution in [1.82, 2.24) is 4.98 Å². The molecule has 84 valence electrons. The summed E-state index contributed by atoms with van der Waals surface area (Å²) >= 11 is 1.78. The van der Waals surface area contributed by atoms with E-state index in [1.807, 2.05) is 6.07 Å². The van der Waals surface area contributed by atoms with Crippen LogP contribution in [-0.2, 0) is 0 Å². The first-order chi connectivity index (χ1) is 7.79. The van der Waals surface area contributed by atoms with Gasteiger partial charge in [0.15, 0.2) is 0 Å². The lowest BCUT2D eigenvalue weighted by atomic mass is 10.3. The van der Waals surface area contributed by atoms with E-state index in [2.05, 4.69) is 48.4 Å². The first-order valence-corrected chi connectivity index (χ1v) is 6.39. The molecule has 0 aromatic carbocycles. The predicted octanol–water partition coefficient (Wildman–Crippen LogP) is 3.94. The Morgan fingerprint density at radius 3 is 2.81 bits per heavy atom. The van der Waals surface area contributed by atoms with Gasteiger partial charge in [-0.3, -0.25) is 0 Å². The summed E-state index contributed by atoms with van der Waals surface area (Å²) in [7, 11) is 0. The number of pyridine rings is 1. The lowest BCUT2D eigenvalue weighted by Crippen LogP contribution is -2.01. The van der Waals surface area contributed by atoms with E-state index in [0.717, 1.165) is 24.5 Å². The number of nitrogens with one attached hydrogen (secondary N) is 1. The molecule has 2 rings (SSSR count). The van der Waals surface area contributed by atoms with Crippen molar-refractivity contribution in [2.24, 2.45) is 0 Å². The number of anilines is 1. The van der Waals surface area contributed by atoms with E-state index < -0.39 is 0 Å². The lowest BCUT2D eigenvalue weighted by Gasteiger charge is -2.04. The van der Waals surface area contributed by atoms with Gasteiger partial charge >= 0.3 is 0 Å². The molecule has 0 fully saturated rings. The van der Waals surface area contributed by atoms with Gasteiger partial charge in [-0.2, -0.15) is 0 Å². The Labute approximate surface area is 100 Å². The Bertz CT molecular complexity index is 462. The quantitative estimate of drug-likeness (QED) is 0.863. The zero-order chi connectivity index (χ0) is 11.4. The summed E-state index contributed by atoms with van der Waals surface area (Å²) < 4.78 is 0. The van der Waals surface area contributed by atoms with Crippen molar-refractivity contribution in [3.63, 3.8) is 0 Å². The highest BCUT2D eigenvalue weighted by molar-refractivity contribution is 7.15. The van der Waals surface area contributed by atoms with Gasteiger partial charge in [-0.1, -0.05) is 13.0 Å². The highest BCUT2D eigenvalue weighted by atomic mass is 32.1. The standard InChI is InChI=1S/C13H16N2S/c1-3-9-14-13-6-4-5-11(15-13)12-8-7-10(2)16-12/h4-8H,3,9H2,1-2H3,(H,14,15). The topological polar surface area (TPSA) is 24.9 Å². The van der Waals surface area contributed by atoms with E-state index in [4.69, 9.17) is 0 Å². The molecule has 16 heavy (non-hydrogen) atoms. The van der Waals surface area contributed by atoms with Gasteiger partial charge in [-0.25, -0.2) is 4.98 Å². The molecule has 0 amide bonds. The first kappa shape index (κ1) is 11.1. The third-order valence-electron chi connectivity index (χ3n) is 2.30. The molecule has 0 aliphatic carbocycles. The summed E-state index contributed by atoms with van der Waals surface area (Å²) in [5.41, 5.74) is 1.05. The molecule has 1 N–H and O–H groups in total. The second-order valence-electron chi connectivity index (χ2n) is 3.75. The van der Waals surface area contributed by atoms with E-state index in [1.165, 1.54) is 9.75 Å². The molecule has 0 aliphatic rings. The van der Waals surface area contributed by atoms with Crippen molar-refractivity contribution in [3.05, 3.63) is 35.2 Å². The average Bonchev–Trinajstić information content (AvgIpc) is 2.74. The lowest BCUT2D eigenvalue weighted by molar-refractivity contribution is 0.970. The summed E-state index contributed by atoms with van der Waals surface area (Å²) in [6.07, 6.45) is 1.12. The van der Waals surface area contributed by atoms with Crippen molar-refractivity contribution in [2.45, 2.75) is 20.3 Å². The fraction of sp³-hybridized carbons (Fsp3) is 0.308. The Morgan fingerprint density at radius 2 is 2.12 bits per heavy atom. The van der Waals surface area contributed by atoms with Crippen molar-refractivity contribution >= 4 is 17.2 Å². The number of hydrogen-bond donors (Lipinski definition) is 1. The fourth-order valence-corrected chi connectivity index (χ4v) is 2.33. The van der Waals surface area contributed by atoms with Crippen LogP contribution in [-0.4, -0.2) is 11.5 Å². The normalized spacial score (nSPS) is 10.4. The molecule has 2 heterocycles. The largest absolute Gasteiger partial charge is 0.370 e. The number of aryl methyl sites for hydroxylation is 1. The first-order valence-electron chi connectivity index (χ1n) is 5.57. The van der Waals surface area contributed by atoms with Gasteiger partial charge in [0.2, 0.25) is 0 Å². The summed E-state index contributed by atoms with van der Waals surface area (Å²) in [5.74, 6) is 0.963. The molecule has 0 radical (unpaired) electrons. The van der Waals surface area contributed by atoms with Crippen LogP contribution in [0, 0.1) is 6.92 Å². The molecule has 2 aromatic heterocycles. The predicted molar refractivity (Wildman–Crippen MR) is 71.1 cm³/mol. The zero-order valence-corrected chi connectivity index (χ0v) is 10.5. The second kappa shape index (κ2) is 5.12. The number of rotatable bonds is 4. The van der Waals surface area contributed by atoms with Crippen molar-refractivity contribution in [3.8, 4) is 10.6 Å². The summed E-state index contributed by atoms with van der Waals surface area (Å²) in [6, 6.07) is 10.4. The molecule has 0 unspecified atom stereocenters. The van der Waals surface area contributed by atoms with E-state index in [-0.39, 0.29) is 0 Å². The smallest absolute Gasteiger partial charge is 0.126 e. The summed E-state index contributed by atoms with van der Waals surface area (Å²) in [5, 5.41) is 3.30. The van der Waals surface area contributed by atoms with Crippen molar-refractivity contribution < 1.29 is 0 Å². The number of hydrogen-bond acceptors (Lipinski definition) is 3. The molecule has 0 spiro atoms. The van der Waals surface area contributed by atoms with Crippen LogP contribution in [0.4, 0.5) is 5.82 Å². The molecule has 2 aromatic rings. The molecular formula is C13H16N2S. The second-order valence-corrected chi connectivity index (χ2v) is 5.03. The minimum absolute atomic E-state index is 0.963.